The van der Waals surface area contributed by atoms with Gasteiger partial charge >= 0.3 is 5.97 Å². The van der Waals surface area contributed by atoms with Gasteiger partial charge in [0.05, 0.1) is 35.9 Å². The van der Waals surface area contributed by atoms with Crippen molar-refractivity contribution in [1.82, 2.24) is 0 Å². The lowest BCUT2D eigenvalue weighted by molar-refractivity contribution is -0.265. The monoisotopic (exact) mass is 620 g/mol. The number of Topliss-reactive ketones (excluding diaryl/α,β-unsaturated/α-hetero) is 1. The van der Waals surface area contributed by atoms with Crippen LogP contribution in [-0.2, 0) is 28.5 Å². The molecule has 3 heterocycles. The maximum Gasteiger partial charge on any atom is 0.306 e. The van der Waals surface area contributed by atoms with Gasteiger partial charge in [-0.25, -0.2) is 0 Å². The van der Waals surface area contributed by atoms with E-state index >= 15 is 0 Å². The van der Waals surface area contributed by atoms with Crippen LogP contribution in [0.2, 0.25) is 0 Å². The Morgan fingerprint density at radius 2 is 1.75 bits per heavy atom. The summed E-state index contributed by atoms with van der Waals surface area (Å²) in [5.41, 5.74) is -6.78. The largest absolute Gasteiger partial charge is 0.459 e. The van der Waals surface area contributed by atoms with E-state index in [1.54, 1.807) is 13.8 Å². The number of hydrogen-bond acceptors (Lipinski definition) is 11. The summed E-state index contributed by atoms with van der Waals surface area (Å²) < 4.78 is 24.4. The predicted octanol–water partition coefficient (Wildman–Crippen LogP) is 0.555. The molecule has 0 unspecified atom stereocenters. The highest BCUT2D eigenvalue weighted by molar-refractivity contribution is 5.94. The van der Waals surface area contributed by atoms with Gasteiger partial charge in [0, 0.05) is 35.5 Å². The lowest BCUT2D eigenvalue weighted by Crippen LogP contribution is -2.77. The van der Waals surface area contributed by atoms with Crippen molar-refractivity contribution in [2.45, 2.75) is 127 Å². The van der Waals surface area contributed by atoms with Crippen molar-refractivity contribution >= 4 is 11.8 Å². The summed E-state index contributed by atoms with van der Waals surface area (Å²) in [4.78, 5) is 27.3. The molecular formula is C33H48O11. The summed E-state index contributed by atoms with van der Waals surface area (Å²) in [6.07, 6.45) is -5.78. The fraction of sp³-hybridized carbons (Fsp3) is 0.939. The molecule has 246 valence electrons. The summed E-state index contributed by atoms with van der Waals surface area (Å²) in [5.74, 6) is -5.58. The molecule has 0 bridgehead atoms. The third kappa shape index (κ3) is 3.00. The molecule has 19 atom stereocenters. The first-order valence-corrected chi connectivity index (χ1v) is 16.5. The topological polar surface area (TPSA) is 179 Å². The van der Waals surface area contributed by atoms with E-state index in [9.17, 15) is 35.1 Å². The molecule has 11 heteroatoms. The first-order chi connectivity index (χ1) is 20.3. The van der Waals surface area contributed by atoms with Crippen LogP contribution in [0.4, 0.5) is 0 Å². The molecule has 0 aromatic heterocycles. The van der Waals surface area contributed by atoms with Crippen molar-refractivity contribution in [3.8, 4) is 0 Å². The van der Waals surface area contributed by atoms with Crippen LogP contribution < -0.4 is 0 Å². The van der Waals surface area contributed by atoms with E-state index < -0.39 is 105 Å². The molecule has 0 aromatic rings. The zero-order valence-corrected chi connectivity index (χ0v) is 26.6. The van der Waals surface area contributed by atoms with Gasteiger partial charge in [0.1, 0.15) is 30.0 Å². The van der Waals surface area contributed by atoms with Gasteiger partial charge in [-0.1, -0.05) is 41.5 Å². The van der Waals surface area contributed by atoms with E-state index in [1.807, 2.05) is 34.6 Å². The second-order valence-corrected chi connectivity index (χ2v) is 17.0. The van der Waals surface area contributed by atoms with Crippen molar-refractivity contribution in [3.63, 3.8) is 0 Å². The molecule has 0 amide bonds. The standard InChI is InChI=1S/C33H48O11/c1-12(2)8-17(35)43-27-24-15(42-24)10-32(40)25(38)22(36)18-14(30(27,32)6)9-16(34)29(5)19-13(3)26-33(44-26)31(7,28(4,39)11-41-33)21(19)23(37)20(18)29/h12-16,18-24,26-27,34,36-37,39-40H,8-11H2,1-7H3/t13-,14-,15-,16-,18+,19-,20+,21-,22+,23+,24-,26+,27-,28+,29+,30-,31-,32-,33+/m0/s1. The van der Waals surface area contributed by atoms with Crippen molar-refractivity contribution < 1.29 is 54.1 Å². The van der Waals surface area contributed by atoms with Crippen LogP contribution in [0.25, 0.3) is 0 Å². The van der Waals surface area contributed by atoms with Gasteiger partial charge in [-0.15, -0.1) is 0 Å². The van der Waals surface area contributed by atoms with E-state index in [-0.39, 0.29) is 49.7 Å². The average molecular weight is 621 g/mol. The van der Waals surface area contributed by atoms with E-state index in [0.29, 0.717) is 0 Å². The number of esters is 1. The maximum atomic E-state index is 14.3. The number of carbonyl (C=O) groups is 2. The maximum absolute atomic E-state index is 14.3. The van der Waals surface area contributed by atoms with Crippen molar-refractivity contribution in [1.29, 1.82) is 0 Å². The molecule has 3 aliphatic heterocycles. The third-order valence-corrected chi connectivity index (χ3v) is 14.9. The SMILES string of the molecule is CC(C)CC(=O)O[C@H]1[C@H]2O[C@H]2C[C@]2(O)C(=O)[C@H](O)[C@H]3[C@@H]4[C@@H](O)[C@@H]5[C@H]([C@H](C)[C@H]6O[C@]67OC[C@@](C)(O)[C@]57C)[C@@]4(C)[C@@H](O)C[C@@H]3[C@@]12C. The van der Waals surface area contributed by atoms with Gasteiger partial charge in [0.25, 0.3) is 0 Å². The molecule has 0 radical (unpaired) electrons. The number of rotatable bonds is 3. The van der Waals surface area contributed by atoms with Gasteiger partial charge in [0.15, 0.2) is 5.78 Å². The fourth-order valence-corrected chi connectivity index (χ4v) is 12.6. The molecule has 8 fully saturated rings. The Kier molecular flexibility index (Phi) is 5.79. The van der Waals surface area contributed by atoms with Crippen LogP contribution in [-0.4, -0.2) is 104 Å². The van der Waals surface area contributed by atoms with Gasteiger partial charge in [0.2, 0.25) is 5.79 Å². The highest BCUT2D eigenvalue weighted by atomic mass is 16.8. The zero-order chi connectivity index (χ0) is 31.9. The molecule has 8 rings (SSSR count). The summed E-state index contributed by atoms with van der Waals surface area (Å²) in [7, 11) is 0. The number of ketones is 1. The van der Waals surface area contributed by atoms with Gasteiger partial charge < -0.3 is 44.5 Å². The number of aliphatic hydroxyl groups is 5. The van der Waals surface area contributed by atoms with E-state index in [0.717, 1.165) is 0 Å². The Morgan fingerprint density at radius 3 is 2.41 bits per heavy atom. The highest BCUT2D eigenvalue weighted by Crippen LogP contribution is 2.80. The molecule has 5 aliphatic carbocycles. The van der Waals surface area contributed by atoms with Crippen molar-refractivity contribution in [3.05, 3.63) is 0 Å². The van der Waals surface area contributed by atoms with Crippen LogP contribution in [0.3, 0.4) is 0 Å². The summed E-state index contributed by atoms with van der Waals surface area (Å²) >= 11 is 0. The zero-order valence-electron chi connectivity index (χ0n) is 26.6. The third-order valence-electron chi connectivity index (χ3n) is 14.9. The highest BCUT2D eigenvalue weighted by Gasteiger charge is 2.90. The minimum absolute atomic E-state index is 0.0315. The Hall–Kier alpha value is -1.18. The lowest BCUT2D eigenvalue weighted by Gasteiger charge is -2.65. The first kappa shape index (κ1) is 30.2. The molecule has 3 saturated heterocycles. The van der Waals surface area contributed by atoms with Gasteiger partial charge in [-0.2, -0.15) is 0 Å². The molecule has 1 spiro atoms. The van der Waals surface area contributed by atoms with Crippen LogP contribution in [0.1, 0.15) is 67.7 Å². The lowest BCUT2D eigenvalue weighted by atomic mass is 9.40. The molecule has 44 heavy (non-hydrogen) atoms. The molecular weight excluding hydrogens is 572 g/mol. The molecule has 11 nitrogen and oxygen atoms in total. The number of carbonyl (C=O) groups excluding carboxylic acids is 2. The summed E-state index contributed by atoms with van der Waals surface area (Å²) in [5, 5.41) is 60.8. The summed E-state index contributed by atoms with van der Waals surface area (Å²) in [6, 6.07) is 0. The number of ether oxygens (including phenoxy) is 4. The van der Waals surface area contributed by atoms with Crippen molar-refractivity contribution in [2.75, 3.05) is 6.61 Å². The van der Waals surface area contributed by atoms with Crippen molar-refractivity contribution in [2.24, 2.45) is 57.7 Å². The van der Waals surface area contributed by atoms with E-state index in [1.165, 1.54) is 0 Å². The first-order valence-electron chi connectivity index (χ1n) is 16.5. The minimum atomic E-state index is -2.06. The minimum Gasteiger partial charge on any atom is -0.459 e. The van der Waals surface area contributed by atoms with E-state index in [2.05, 4.69) is 0 Å². The Bertz CT molecular complexity index is 1320. The second kappa shape index (κ2) is 8.45. The quantitative estimate of drug-likeness (QED) is 0.220. The van der Waals surface area contributed by atoms with Gasteiger partial charge in [-0.05, 0) is 42.9 Å². The molecule has 5 N–H and O–H groups in total. The number of fused-ring (bicyclic) bond motifs is 9. The molecule has 5 saturated carbocycles. The smallest absolute Gasteiger partial charge is 0.306 e. The normalized spacial score (nSPS) is 64.6. The van der Waals surface area contributed by atoms with Crippen LogP contribution in [0, 0.1) is 57.7 Å². The van der Waals surface area contributed by atoms with Crippen LogP contribution >= 0.6 is 0 Å². The average Bonchev–Trinajstić information content (AvgIpc) is 3.83. The second-order valence-electron chi connectivity index (χ2n) is 17.0. The van der Waals surface area contributed by atoms with E-state index in [4.69, 9.17) is 18.9 Å². The van der Waals surface area contributed by atoms with Crippen LogP contribution in [0.5, 0.6) is 0 Å². The molecule has 0 aromatic carbocycles. The summed E-state index contributed by atoms with van der Waals surface area (Å²) in [6.45, 7) is 13.2. The fourth-order valence-electron chi connectivity index (χ4n) is 12.6. The Labute approximate surface area is 257 Å². The Morgan fingerprint density at radius 1 is 1.07 bits per heavy atom. The van der Waals surface area contributed by atoms with Gasteiger partial charge in [-0.3, -0.25) is 9.59 Å². The number of hydrogen-bond donors (Lipinski definition) is 5. The number of epoxide rings is 2. The predicted molar refractivity (Wildman–Crippen MR) is 150 cm³/mol. The van der Waals surface area contributed by atoms with Crippen LogP contribution in [0.15, 0.2) is 0 Å². The molecule has 8 aliphatic rings. The Balaban J connectivity index is 1.26. The number of aliphatic hydroxyl groups excluding tert-OH is 3.